The van der Waals surface area contributed by atoms with Gasteiger partial charge in [0.05, 0.1) is 10.7 Å². The highest BCUT2D eigenvalue weighted by Crippen LogP contribution is 2.31. The Kier molecular flexibility index (Phi) is 2.44. The van der Waals surface area contributed by atoms with Gasteiger partial charge in [-0.3, -0.25) is 5.10 Å². The third-order valence-corrected chi connectivity index (χ3v) is 2.72. The van der Waals surface area contributed by atoms with Crippen LogP contribution in [0.5, 0.6) is 0 Å². The van der Waals surface area contributed by atoms with Gasteiger partial charge in [-0.25, -0.2) is 8.78 Å². The molecule has 2 rings (SSSR count). The van der Waals surface area contributed by atoms with Gasteiger partial charge in [0.25, 0.3) is 0 Å². The smallest absolute Gasteiger partial charge is 0.148 e. The molecule has 0 aliphatic heterocycles. The number of hydrogen-bond donors (Lipinski definition) is 2. The summed E-state index contributed by atoms with van der Waals surface area (Å²) in [6, 6.07) is 2.48. The van der Waals surface area contributed by atoms with Crippen LogP contribution in [0.25, 0.3) is 11.1 Å². The Morgan fingerprint density at radius 3 is 2.60 bits per heavy atom. The summed E-state index contributed by atoms with van der Waals surface area (Å²) >= 11 is 2.82. The van der Waals surface area contributed by atoms with Crippen LogP contribution in [-0.2, 0) is 0 Å². The molecule has 0 aliphatic carbocycles. The number of nitrogens with one attached hydrogen (secondary N) is 1. The lowest BCUT2D eigenvalue weighted by Gasteiger charge is -2.03. The van der Waals surface area contributed by atoms with Crippen molar-refractivity contribution in [2.45, 2.75) is 0 Å². The summed E-state index contributed by atoms with van der Waals surface area (Å²) < 4.78 is 26.4. The normalized spacial score (nSPS) is 10.6. The second-order valence-corrected chi connectivity index (χ2v) is 3.71. The number of anilines is 1. The molecular formula is C9H6BrF2N3. The standard InChI is InChI=1S/C9H6BrF2N3/c10-7-6(11)2-1-4(8(7)12)5-3-14-15-9(5)13/h1-3H,(H3,13,14,15). The van der Waals surface area contributed by atoms with Crippen molar-refractivity contribution in [2.75, 3.05) is 5.73 Å². The maximum Gasteiger partial charge on any atom is 0.148 e. The predicted octanol–water partition coefficient (Wildman–Crippen LogP) is 2.70. The van der Waals surface area contributed by atoms with E-state index in [0.29, 0.717) is 5.56 Å². The highest BCUT2D eigenvalue weighted by Gasteiger charge is 2.15. The quantitative estimate of drug-likeness (QED) is 0.785. The Morgan fingerprint density at radius 2 is 2.00 bits per heavy atom. The maximum atomic E-state index is 13.6. The predicted molar refractivity (Wildman–Crippen MR) is 56.1 cm³/mol. The molecule has 0 unspecified atom stereocenters. The Morgan fingerprint density at radius 1 is 1.27 bits per heavy atom. The average molecular weight is 274 g/mol. The van der Waals surface area contributed by atoms with Crippen LogP contribution in [0.15, 0.2) is 22.8 Å². The lowest BCUT2D eigenvalue weighted by atomic mass is 10.1. The molecule has 78 valence electrons. The van der Waals surface area contributed by atoms with E-state index in [0.717, 1.165) is 6.07 Å². The number of nitrogens with zero attached hydrogens (tertiary/aromatic N) is 1. The first-order valence-electron chi connectivity index (χ1n) is 4.04. The van der Waals surface area contributed by atoms with E-state index in [1.807, 2.05) is 0 Å². The molecule has 1 aromatic heterocycles. The fraction of sp³-hybridized carbons (Fsp3) is 0. The number of aromatic nitrogens is 2. The monoisotopic (exact) mass is 273 g/mol. The van der Waals surface area contributed by atoms with Crippen molar-refractivity contribution in [1.29, 1.82) is 0 Å². The Balaban J connectivity index is 2.65. The minimum atomic E-state index is -0.692. The molecule has 0 aliphatic rings. The molecule has 0 saturated heterocycles. The number of benzene rings is 1. The third kappa shape index (κ3) is 1.61. The van der Waals surface area contributed by atoms with Crippen LogP contribution in [0.3, 0.4) is 0 Å². The number of nitrogen functional groups attached to an aromatic ring is 1. The highest BCUT2D eigenvalue weighted by molar-refractivity contribution is 9.10. The van der Waals surface area contributed by atoms with E-state index in [-0.39, 0.29) is 15.9 Å². The van der Waals surface area contributed by atoms with Crippen LogP contribution in [0.2, 0.25) is 0 Å². The van der Waals surface area contributed by atoms with Crippen LogP contribution >= 0.6 is 15.9 Å². The summed E-state index contributed by atoms with van der Waals surface area (Å²) in [5, 5.41) is 6.15. The molecule has 15 heavy (non-hydrogen) atoms. The topological polar surface area (TPSA) is 54.7 Å². The van der Waals surface area contributed by atoms with Crippen molar-refractivity contribution < 1.29 is 8.78 Å². The van der Waals surface area contributed by atoms with Crippen LogP contribution in [-0.4, -0.2) is 10.2 Å². The van der Waals surface area contributed by atoms with Gasteiger partial charge in [-0.2, -0.15) is 5.10 Å². The summed E-state index contributed by atoms with van der Waals surface area (Å²) in [6.07, 6.45) is 1.39. The first-order chi connectivity index (χ1) is 7.11. The lowest BCUT2D eigenvalue weighted by molar-refractivity contribution is 0.574. The Labute approximate surface area is 92.4 Å². The molecule has 6 heteroatoms. The van der Waals surface area contributed by atoms with E-state index in [9.17, 15) is 8.78 Å². The molecule has 0 amide bonds. The fourth-order valence-electron chi connectivity index (χ4n) is 1.24. The molecule has 0 radical (unpaired) electrons. The first-order valence-corrected chi connectivity index (χ1v) is 4.83. The SMILES string of the molecule is Nc1[nH]ncc1-c1ccc(F)c(Br)c1F. The van der Waals surface area contributed by atoms with Crippen molar-refractivity contribution in [2.24, 2.45) is 0 Å². The summed E-state index contributed by atoms with van der Waals surface area (Å²) in [5.41, 5.74) is 6.15. The van der Waals surface area contributed by atoms with Gasteiger partial charge >= 0.3 is 0 Å². The molecule has 0 saturated carbocycles. The van der Waals surface area contributed by atoms with Gasteiger partial charge in [-0.1, -0.05) is 0 Å². The maximum absolute atomic E-state index is 13.6. The van der Waals surface area contributed by atoms with E-state index in [2.05, 4.69) is 26.1 Å². The molecule has 0 atom stereocenters. The zero-order valence-electron chi connectivity index (χ0n) is 7.39. The van der Waals surface area contributed by atoms with Crippen LogP contribution in [0.4, 0.5) is 14.6 Å². The minimum absolute atomic E-state index is 0.203. The summed E-state index contributed by atoms with van der Waals surface area (Å²) in [4.78, 5) is 0. The molecule has 3 N–H and O–H groups in total. The third-order valence-electron chi connectivity index (χ3n) is 1.99. The minimum Gasteiger partial charge on any atom is -0.384 e. The zero-order chi connectivity index (χ0) is 11.0. The van der Waals surface area contributed by atoms with Gasteiger partial charge in [-0.15, -0.1) is 0 Å². The summed E-state index contributed by atoms with van der Waals surface area (Å²) in [6.45, 7) is 0. The molecule has 2 aromatic rings. The largest absolute Gasteiger partial charge is 0.384 e. The van der Waals surface area contributed by atoms with E-state index >= 15 is 0 Å². The van der Waals surface area contributed by atoms with Crippen molar-refractivity contribution in [3.05, 3.63) is 34.4 Å². The van der Waals surface area contributed by atoms with E-state index in [1.165, 1.54) is 12.3 Å². The number of nitrogens with two attached hydrogens (primary N) is 1. The number of hydrogen-bond acceptors (Lipinski definition) is 2. The fourth-order valence-corrected chi connectivity index (χ4v) is 1.59. The van der Waals surface area contributed by atoms with Gasteiger partial charge < -0.3 is 5.73 Å². The van der Waals surface area contributed by atoms with Crippen molar-refractivity contribution >= 4 is 21.7 Å². The molecule has 1 heterocycles. The van der Waals surface area contributed by atoms with Crippen molar-refractivity contribution in [1.82, 2.24) is 10.2 Å². The number of aromatic amines is 1. The first kappa shape index (κ1) is 10.1. The van der Waals surface area contributed by atoms with Crippen LogP contribution < -0.4 is 5.73 Å². The van der Waals surface area contributed by atoms with Gasteiger partial charge in [0.2, 0.25) is 0 Å². The lowest BCUT2D eigenvalue weighted by Crippen LogP contribution is -1.92. The zero-order valence-corrected chi connectivity index (χ0v) is 8.98. The number of H-pyrrole nitrogens is 1. The second kappa shape index (κ2) is 3.62. The molecule has 0 bridgehead atoms. The Hall–Kier alpha value is -1.43. The molecule has 1 aromatic carbocycles. The highest BCUT2D eigenvalue weighted by atomic mass is 79.9. The molecule has 3 nitrogen and oxygen atoms in total. The molecular weight excluding hydrogens is 268 g/mol. The van der Waals surface area contributed by atoms with E-state index in [1.54, 1.807) is 0 Å². The van der Waals surface area contributed by atoms with E-state index in [4.69, 9.17) is 5.73 Å². The second-order valence-electron chi connectivity index (χ2n) is 2.92. The summed E-state index contributed by atoms with van der Waals surface area (Å²) in [5.74, 6) is -1.10. The average Bonchev–Trinajstić information content (AvgIpc) is 2.62. The number of rotatable bonds is 1. The van der Waals surface area contributed by atoms with E-state index < -0.39 is 11.6 Å². The van der Waals surface area contributed by atoms with Gasteiger partial charge in [0.15, 0.2) is 0 Å². The van der Waals surface area contributed by atoms with Crippen LogP contribution in [0.1, 0.15) is 0 Å². The van der Waals surface area contributed by atoms with Crippen molar-refractivity contribution in [3.8, 4) is 11.1 Å². The molecule has 0 spiro atoms. The molecule has 0 fully saturated rings. The van der Waals surface area contributed by atoms with Gasteiger partial charge in [0, 0.05) is 11.1 Å². The summed E-state index contributed by atoms with van der Waals surface area (Å²) in [7, 11) is 0. The van der Waals surface area contributed by atoms with Gasteiger partial charge in [0.1, 0.15) is 17.5 Å². The van der Waals surface area contributed by atoms with Crippen molar-refractivity contribution in [3.63, 3.8) is 0 Å². The van der Waals surface area contributed by atoms with Crippen LogP contribution in [0, 0.1) is 11.6 Å². The Bertz CT molecular complexity index is 510. The number of halogens is 3. The van der Waals surface area contributed by atoms with Gasteiger partial charge in [-0.05, 0) is 28.1 Å².